The molecule has 0 spiro atoms. The van der Waals surface area contributed by atoms with Gasteiger partial charge in [-0.3, -0.25) is 4.79 Å². The van der Waals surface area contributed by atoms with Crippen LogP contribution in [0.1, 0.15) is 29.9 Å². The van der Waals surface area contributed by atoms with E-state index in [0.29, 0.717) is 31.4 Å². The van der Waals surface area contributed by atoms with Crippen LogP contribution in [0, 0.1) is 12.8 Å². The molecule has 0 aromatic heterocycles. The van der Waals surface area contributed by atoms with Crippen LogP contribution in [0.25, 0.3) is 0 Å². The maximum absolute atomic E-state index is 12.6. The maximum Gasteiger partial charge on any atom is 0.222 e. The van der Waals surface area contributed by atoms with Crippen molar-refractivity contribution in [2.45, 2.75) is 25.7 Å². The number of para-hydroxylation sites is 1. The van der Waals surface area contributed by atoms with Crippen LogP contribution < -0.4 is 10.5 Å². The largest absolute Gasteiger partial charge is 0.493 e. The van der Waals surface area contributed by atoms with Gasteiger partial charge in [0.2, 0.25) is 5.91 Å². The predicted octanol–water partition coefficient (Wildman–Crippen LogP) is 3.35. The summed E-state index contributed by atoms with van der Waals surface area (Å²) in [5.74, 6) is 1.78. The van der Waals surface area contributed by atoms with Gasteiger partial charge in [-0.1, -0.05) is 48.5 Å². The average Bonchev–Trinajstić information content (AvgIpc) is 3.11. The molecule has 2 aromatic carbocycles. The number of likely N-dealkylation sites (tertiary alicyclic amines) is 1. The third kappa shape index (κ3) is 4.44. The molecule has 0 radical (unpaired) electrons. The van der Waals surface area contributed by atoms with Gasteiger partial charge >= 0.3 is 0 Å². The van der Waals surface area contributed by atoms with E-state index in [4.69, 9.17) is 10.5 Å². The van der Waals surface area contributed by atoms with E-state index < -0.39 is 0 Å². The van der Waals surface area contributed by atoms with Gasteiger partial charge < -0.3 is 15.4 Å². The highest BCUT2D eigenvalue weighted by Crippen LogP contribution is 2.32. The molecule has 1 saturated heterocycles. The van der Waals surface area contributed by atoms with Gasteiger partial charge in [0.05, 0.1) is 6.61 Å². The summed E-state index contributed by atoms with van der Waals surface area (Å²) >= 11 is 0. The molecule has 0 aliphatic carbocycles. The van der Waals surface area contributed by atoms with Gasteiger partial charge in [-0.05, 0) is 43.0 Å². The fourth-order valence-electron chi connectivity index (χ4n) is 3.67. The summed E-state index contributed by atoms with van der Waals surface area (Å²) < 4.78 is 5.79. The van der Waals surface area contributed by atoms with E-state index in [1.807, 2.05) is 42.2 Å². The van der Waals surface area contributed by atoms with Crippen molar-refractivity contribution >= 4 is 5.91 Å². The second-order valence-electron chi connectivity index (χ2n) is 7.03. The Labute approximate surface area is 156 Å². The lowest BCUT2D eigenvalue weighted by Crippen LogP contribution is -2.29. The molecule has 4 nitrogen and oxygen atoms in total. The molecule has 0 unspecified atom stereocenters. The van der Waals surface area contributed by atoms with Crippen molar-refractivity contribution in [2.24, 2.45) is 11.7 Å². The first-order chi connectivity index (χ1) is 12.7. The molecule has 1 heterocycles. The van der Waals surface area contributed by atoms with Crippen LogP contribution in [0.2, 0.25) is 0 Å². The molecule has 0 bridgehead atoms. The Balaban J connectivity index is 1.48. The molecule has 2 N–H and O–H groups in total. The van der Waals surface area contributed by atoms with E-state index in [-0.39, 0.29) is 5.91 Å². The van der Waals surface area contributed by atoms with Gasteiger partial charge in [0, 0.05) is 25.4 Å². The quantitative estimate of drug-likeness (QED) is 0.778. The Bertz CT molecular complexity index is 717. The number of aryl methyl sites for hydroxylation is 1. The lowest BCUT2D eigenvalue weighted by atomic mass is 9.89. The fraction of sp³-hybridized carbons (Fsp3) is 0.409. The third-order valence-electron chi connectivity index (χ3n) is 5.21. The first-order valence-electron chi connectivity index (χ1n) is 9.40. The summed E-state index contributed by atoms with van der Waals surface area (Å²) in [5.41, 5.74) is 8.37. The van der Waals surface area contributed by atoms with Gasteiger partial charge in [0.25, 0.3) is 0 Å². The van der Waals surface area contributed by atoms with E-state index in [1.165, 1.54) is 5.56 Å². The number of nitrogens with two attached hydrogens (primary N) is 1. The number of carbonyl (C=O) groups excluding carboxylic acids is 1. The van der Waals surface area contributed by atoms with Crippen molar-refractivity contribution in [3.63, 3.8) is 0 Å². The van der Waals surface area contributed by atoms with Gasteiger partial charge in [-0.25, -0.2) is 0 Å². The lowest BCUT2D eigenvalue weighted by Gasteiger charge is -2.17. The fourth-order valence-corrected chi connectivity index (χ4v) is 3.67. The Hall–Kier alpha value is -2.33. The number of benzene rings is 2. The summed E-state index contributed by atoms with van der Waals surface area (Å²) in [4.78, 5) is 14.6. The van der Waals surface area contributed by atoms with Crippen LogP contribution in [0.3, 0.4) is 0 Å². The first kappa shape index (κ1) is 18.5. The van der Waals surface area contributed by atoms with Crippen molar-refractivity contribution in [3.05, 3.63) is 65.7 Å². The van der Waals surface area contributed by atoms with E-state index in [2.05, 4.69) is 24.3 Å². The zero-order valence-electron chi connectivity index (χ0n) is 15.4. The number of hydrogen-bond acceptors (Lipinski definition) is 3. The number of hydrogen-bond donors (Lipinski definition) is 1. The minimum Gasteiger partial charge on any atom is -0.493 e. The van der Waals surface area contributed by atoms with Gasteiger partial charge in [-0.2, -0.15) is 0 Å². The van der Waals surface area contributed by atoms with Crippen molar-refractivity contribution in [2.75, 3.05) is 26.2 Å². The SMILES string of the molecule is Cc1ccccc1OCCCC(=O)N1C[C@@H](CN)[C@H](c2ccccc2)C1. The minimum atomic E-state index is 0.204. The van der Waals surface area contributed by atoms with Gasteiger partial charge in [-0.15, -0.1) is 0 Å². The molecule has 1 aliphatic heterocycles. The molecule has 1 amide bonds. The third-order valence-corrected chi connectivity index (χ3v) is 5.21. The molecule has 0 saturated carbocycles. The van der Waals surface area contributed by atoms with E-state index >= 15 is 0 Å². The number of rotatable bonds is 7. The highest BCUT2D eigenvalue weighted by Gasteiger charge is 2.34. The van der Waals surface area contributed by atoms with Crippen LogP contribution in [-0.4, -0.2) is 37.0 Å². The number of amides is 1. The standard InChI is InChI=1S/C22H28N2O2/c1-17-8-5-6-11-21(17)26-13-7-12-22(25)24-15-19(14-23)20(16-24)18-9-3-2-4-10-18/h2-6,8-11,19-20H,7,12-16,23H2,1H3/t19-,20+/m1/s1. The summed E-state index contributed by atoms with van der Waals surface area (Å²) in [6.45, 7) is 4.73. The van der Waals surface area contributed by atoms with E-state index in [1.54, 1.807) is 0 Å². The number of nitrogens with zero attached hydrogens (tertiary/aromatic N) is 1. The molecule has 2 atom stereocenters. The van der Waals surface area contributed by atoms with Crippen LogP contribution in [0.15, 0.2) is 54.6 Å². The molecular weight excluding hydrogens is 324 g/mol. The highest BCUT2D eigenvalue weighted by atomic mass is 16.5. The maximum atomic E-state index is 12.6. The van der Waals surface area contributed by atoms with Crippen LogP contribution in [-0.2, 0) is 4.79 Å². The Kier molecular flexibility index (Phi) is 6.29. The Morgan fingerprint density at radius 2 is 1.85 bits per heavy atom. The summed E-state index contributed by atoms with van der Waals surface area (Å²) in [6, 6.07) is 18.4. The lowest BCUT2D eigenvalue weighted by molar-refractivity contribution is -0.130. The highest BCUT2D eigenvalue weighted by molar-refractivity contribution is 5.76. The predicted molar refractivity (Wildman–Crippen MR) is 104 cm³/mol. The molecule has 4 heteroatoms. The van der Waals surface area contributed by atoms with Crippen LogP contribution >= 0.6 is 0 Å². The van der Waals surface area contributed by atoms with Crippen molar-refractivity contribution in [1.82, 2.24) is 4.90 Å². The molecule has 2 aromatic rings. The molecule has 1 aliphatic rings. The van der Waals surface area contributed by atoms with Gasteiger partial charge in [0.15, 0.2) is 0 Å². The second kappa shape index (κ2) is 8.86. The molecule has 3 rings (SSSR count). The van der Waals surface area contributed by atoms with E-state index in [9.17, 15) is 4.79 Å². The summed E-state index contributed by atoms with van der Waals surface area (Å²) in [7, 11) is 0. The van der Waals surface area contributed by atoms with Crippen molar-refractivity contribution < 1.29 is 9.53 Å². The second-order valence-corrected chi connectivity index (χ2v) is 7.03. The topological polar surface area (TPSA) is 55.6 Å². The average molecular weight is 352 g/mol. The molecule has 1 fully saturated rings. The zero-order valence-corrected chi connectivity index (χ0v) is 15.4. The van der Waals surface area contributed by atoms with Crippen LogP contribution in [0.5, 0.6) is 5.75 Å². The van der Waals surface area contributed by atoms with Crippen molar-refractivity contribution in [1.29, 1.82) is 0 Å². The molecule has 138 valence electrons. The zero-order chi connectivity index (χ0) is 18.4. The number of carbonyl (C=O) groups is 1. The Morgan fingerprint density at radius 1 is 1.12 bits per heavy atom. The smallest absolute Gasteiger partial charge is 0.222 e. The normalized spacial score (nSPS) is 19.5. The number of ether oxygens (including phenoxy) is 1. The van der Waals surface area contributed by atoms with Crippen molar-refractivity contribution in [3.8, 4) is 5.75 Å². The van der Waals surface area contributed by atoms with Gasteiger partial charge in [0.1, 0.15) is 5.75 Å². The molecule has 26 heavy (non-hydrogen) atoms. The summed E-state index contributed by atoms with van der Waals surface area (Å²) in [6.07, 6.45) is 1.25. The minimum absolute atomic E-state index is 0.204. The summed E-state index contributed by atoms with van der Waals surface area (Å²) in [5, 5.41) is 0. The molecular formula is C22H28N2O2. The monoisotopic (exact) mass is 352 g/mol. The Morgan fingerprint density at radius 3 is 2.58 bits per heavy atom. The first-order valence-corrected chi connectivity index (χ1v) is 9.40. The van der Waals surface area contributed by atoms with E-state index in [0.717, 1.165) is 30.8 Å². The van der Waals surface area contributed by atoms with Crippen LogP contribution in [0.4, 0.5) is 0 Å².